The maximum absolute atomic E-state index is 5.40. The van der Waals surface area contributed by atoms with Gasteiger partial charge in [-0.2, -0.15) is 0 Å². The lowest BCUT2D eigenvalue weighted by molar-refractivity contribution is 0.521. The van der Waals surface area contributed by atoms with E-state index in [0.29, 0.717) is 0 Å². The summed E-state index contributed by atoms with van der Waals surface area (Å²) in [6.45, 7) is 7.19. The maximum Gasteiger partial charge on any atom is 0.105 e. The van der Waals surface area contributed by atoms with Crippen LogP contribution in [0.25, 0.3) is 0 Å². The minimum atomic E-state index is 0.230. The van der Waals surface area contributed by atoms with Crippen molar-refractivity contribution in [3.8, 4) is 0 Å². The van der Waals surface area contributed by atoms with Gasteiger partial charge in [0.15, 0.2) is 0 Å². The Kier molecular flexibility index (Phi) is 4.07. The topological polar surface area (TPSA) is 25.2 Å². The van der Waals surface area contributed by atoms with E-state index < -0.39 is 0 Å². The lowest BCUT2D eigenvalue weighted by Gasteiger charge is -2.15. The van der Waals surface area contributed by atoms with Crippen LogP contribution in [0.4, 0.5) is 0 Å². The molecule has 2 rings (SSSR count). The van der Waals surface area contributed by atoms with Crippen molar-refractivity contribution in [2.24, 2.45) is 0 Å². The molecule has 1 unspecified atom stereocenters. The molecule has 0 saturated carbocycles. The van der Waals surface area contributed by atoms with Crippen molar-refractivity contribution in [3.63, 3.8) is 0 Å². The first-order chi connectivity index (χ1) is 8.13. The average Bonchev–Trinajstić information content (AvgIpc) is 2.83. The van der Waals surface area contributed by atoms with Gasteiger partial charge in [-0.05, 0) is 48.5 Å². The van der Waals surface area contributed by atoms with Gasteiger partial charge in [0.05, 0.1) is 12.3 Å². The molecular weight excluding hydrogens is 298 g/mol. The van der Waals surface area contributed by atoms with Crippen molar-refractivity contribution in [1.82, 2.24) is 5.32 Å². The van der Waals surface area contributed by atoms with Crippen LogP contribution in [0.2, 0.25) is 0 Å². The summed E-state index contributed by atoms with van der Waals surface area (Å²) in [7, 11) is 0. The Balaban J connectivity index is 2.39. The molecule has 2 nitrogen and oxygen atoms in total. The Bertz CT molecular complexity index is 484. The van der Waals surface area contributed by atoms with Gasteiger partial charge in [0.1, 0.15) is 5.76 Å². The van der Waals surface area contributed by atoms with Gasteiger partial charge in [-0.15, -0.1) is 11.3 Å². The summed E-state index contributed by atoms with van der Waals surface area (Å²) in [4.78, 5) is 2.63. The minimum Gasteiger partial charge on any atom is -0.469 e. The second kappa shape index (κ2) is 5.38. The van der Waals surface area contributed by atoms with Crippen molar-refractivity contribution in [1.29, 1.82) is 0 Å². The number of aryl methyl sites for hydroxylation is 2. The first kappa shape index (κ1) is 12.9. The molecule has 0 saturated heterocycles. The van der Waals surface area contributed by atoms with E-state index in [1.165, 1.54) is 19.8 Å². The first-order valence-corrected chi connectivity index (χ1v) is 7.27. The standard InChI is InChI=1S/C13H16BrNOS/c1-4-15-13(10-5-6-16-8(10)2)12-7-11(14)9(3)17-12/h5-7,13,15H,4H2,1-3H3. The molecule has 0 spiro atoms. The third-order valence-corrected chi connectivity index (χ3v) is 4.98. The fourth-order valence-corrected chi connectivity index (χ4v) is 3.54. The van der Waals surface area contributed by atoms with Crippen molar-refractivity contribution in [3.05, 3.63) is 43.9 Å². The summed E-state index contributed by atoms with van der Waals surface area (Å²) < 4.78 is 6.59. The van der Waals surface area contributed by atoms with E-state index in [2.05, 4.69) is 41.2 Å². The number of hydrogen-bond donors (Lipinski definition) is 1. The second-order valence-corrected chi connectivity index (χ2v) is 6.12. The summed E-state index contributed by atoms with van der Waals surface area (Å²) >= 11 is 5.39. The molecule has 4 heteroatoms. The smallest absolute Gasteiger partial charge is 0.105 e. The van der Waals surface area contributed by atoms with Gasteiger partial charge in [0.25, 0.3) is 0 Å². The van der Waals surface area contributed by atoms with Crippen LogP contribution in [-0.2, 0) is 0 Å². The van der Waals surface area contributed by atoms with E-state index in [-0.39, 0.29) is 6.04 Å². The van der Waals surface area contributed by atoms with E-state index in [9.17, 15) is 0 Å². The molecule has 2 aromatic rings. The first-order valence-electron chi connectivity index (χ1n) is 5.66. The molecule has 2 heterocycles. The van der Waals surface area contributed by atoms with E-state index >= 15 is 0 Å². The Morgan fingerprint density at radius 3 is 2.71 bits per heavy atom. The number of hydrogen-bond acceptors (Lipinski definition) is 3. The molecule has 1 atom stereocenters. The third kappa shape index (κ3) is 2.64. The fraction of sp³-hybridized carbons (Fsp3) is 0.385. The normalized spacial score (nSPS) is 12.9. The van der Waals surface area contributed by atoms with Crippen LogP contribution >= 0.6 is 27.3 Å². The molecule has 0 bridgehead atoms. The molecule has 92 valence electrons. The Morgan fingerprint density at radius 1 is 1.47 bits per heavy atom. The molecule has 2 aromatic heterocycles. The molecule has 0 aromatic carbocycles. The average molecular weight is 314 g/mol. The Morgan fingerprint density at radius 2 is 2.24 bits per heavy atom. The van der Waals surface area contributed by atoms with Gasteiger partial charge in [-0.25, -0.2) is 0 Å². The highest BCUT2D eigenvalue weighted by Crippen LogP contribution is 2.34. The van der Waals surface area contributed by atoms with Crippen LogP contribution < -0.4 is 5.32 Å². The fourth-order valence-electron chi connectivity index (χ4n) is 1.89. The lowest BCUT2D eigenvalue weighted by Crippen LogP contribution is -2.21. The summed E-state index contributed by atoms with van der Waals surface area (Å²) in [5.74, 6) is 0.984. The predicted octanol–water partition coefficient (Wildman–Crippen LogP) is 4.42. The minimum absolute atomic E-state index is 0.230. The molecule has 0 aliphatic heterocycles. The van der Waals surface area contributed by atoms with Gasteiger partial charge in [0.2, 0.25) is 0 Å². The van der Waals surface area contributed by atoms with Gasteiger partial charge in [-0.3, -0.25) is 0 Å². The zero-order valence-electron chi connectivity index (χ0n) is 10.2. The predicted molar refractivity (Wildman–Crippen MR) is 75.7 cm³/mol. The Hall–Kier alpha value is -0.580. The molecule has 0 radical (unpaired) electrons. The van der Waals surface area contributed by atoms with Crippen LogP contribution in [0.15, 0.2) is 27.3 Å². The van der Waals surface area contributed by atoms with Crippen LogP contribution in [0, 0.1) is 13.8 Å². The number of furan rings is 1. The van der Waals surface area contributed by atoms with Crippen LogP contribution in [0.1, 0.15) is 34.0 Å². The van der Waals surface area contributed by atoms with Crippen molar-refractivity contribution in [2.75, 3.05) is 6.54 Å². The molecular formula is C13H16BrNOS. The maximum atomic E-state index is 5.40. The zero-order chi connectivity index (χ0) is 12.4. The van der Waals surface area contributed by atoms with Crippen molar-refractivity contribution < 1.29 is 4.42 Å². The number of rotatable bonds is 4. The third-order valence-electron chi connectivity index (χ3n) is 2.78. The highest BCUT2D eigenvalue weighted by atomic mass is 79.9. The number of thiophene rings is 1. The summed E-state index contributed by atoms with van der Waals surface area (Å²) in [6, 6.07) is 4.47. The number of halogens is 1. The van der Waals surface area contributed by atoms with Gasteiger partial charge < -0.3 is 9.73 Å². The summed E-state index contributed by atoms with van der Waals surface area (Å²) in [5.41, 5.74) is 1.22. The summed E-state index contributed by atoms with van der Waals surface area (Å²) in [5, 5.41) is 3.51. The molecule has 17 heavy (non-hydrogen) atoms. The van der Waals surface area contributed by atoms with E-state index in [1.807, 2.05) is 24.3 Å². The van der Waals surface area contributed by atoms with Crippen LogP contribution in [0.5, 0.6) is 0 Å². The molecule has 0 amide bonds. The number of nitrogens with one attached hydrogen (secondary N) is 1. The largest absolute Gasteiger partial charge is 0.469 e. The van der Waals surface area contributed by atoms with E-state index in [4.69, 9.17) is 4.42 Å². The monoisotopic (exact) mass is 313 g/mol. The van der Waals surface area contributed by atoms with Gasteiger partial charge in [0, 0.05) is 19.8 Å². The Labute approximate surface area is 114 Å². The van der Waals surface area contributed by atoms with Crippen molar-refractivity contribution >= 4 is 27.3 Å². The highest BCUT2D eigenvalue weighted by molar-refractivity contribution is 9.10. The SMILES string of the molecule is CCNC(c1cc(Br)c(C)s1)c1ccoc1C. The summed E-state index contributed by atoms with van der Waals surface area (Å²) in [6.07, 6.45) is 1.75. The lowest BCUT2D eigenvalue weighted by atomic mass is 10.1. The van der Waals surface area contributed by atoms with Gasteiger partial charge in [-0.1, -0.05) is 6.92 Å². The quantitative estimate of drug-likeness (QED) is 0.904. The molecule has 0 fully saturated rings. The molecule has 1 N–H and O–H groups in total. The molecule has 0 aliphatic carbocycles. The van der Waals surface area contributed by atoms with Crippen LogP contribution in [-0.4, -0.2) is 6.54 Å². The highest BCUT2D eigenvalue weighted by Gasteiger charge is 2.19. The van der Waals surface area contributed by atoms with Crippen LogP contribution in [0.3, 0.4) is 0 Å². The second-order valence-electron chi connectivity index (χ2n) is 3.98. The van der Waals surface area contributed by atoms with Gasteiger partial charge >= 0.3 is 0 Å². The molecule has 0 aliphatic rings. The zero-order valence-corrected chi connectivity index (χ0v) is 12.6. The van der Waals surface area contributed by atoms with E-state index in [0.717, 1.165) is 12.3 Å². The van der Waals surface area contributed by atoms with E-state index in [1.54, 1.807) is 6.26 Å². The van der Waals surface area contributed by atoms with Crippen molar-refractivity contribution in [2.45, 2.75) is 26.8 Å².